The third kappa shape index (κ3) is 3.60. The number of aliphatic hydroxyl groups excluding tert-OH is 1. The van der Waals surface area contributed by atoms with Crippen molar-refractivity contribution in [2.75, 3.05) is 6.61 Å². The van der Waals surface area contributed by atoms with Gasteiger partial charge in [-0.3, -0.25) is 9.78 Å². The number of nitrogens with zero attached hydrogens (tertiary/aromatic N) is 2. The van der Waals surface area contributed by atoms with E-state index in [-0.39, 0.29) is 18.6 Å². The normalized spacial score (nSPS) is 18.4. The lowest BCUT2D eigenvalue weighted by Gasteiger charge is -2.36. The molecule has 0 aliphatic heterocycles. The zero-order valence-corrected chi connectivity index (χ0v) is 12.7. The van der Waals surface area contributed by atoms with Crippen LogP contribution in [0.4, 0.5) is 0 Å². The van der Waals surface area contributed by atoms with Gasteiger partial charge in [0.25, 0.3) is 0 Å². The smallest absolute Gasteiger partial charge is 0.243 e. The minimum Gasteiger partial charge on any atom is -0.394 e. The van der Waals surface area contributed by atoms with E-state index in [4.69, 9.17) is 5.73 Å². The molecule has 1 amide bonds. The van der Waals surface area contributed by atoms with Crippen LogP contribution in [0.1, 0.15) is 44.7 Å². The molecular formula is C16H25N3O2. The molecule has 1 aliphatic carbocycles. The van der Waals surface area contributed by atoms with Crippen molar-refractivity contribution in [3.05, 3.63) is 30.1 Å². The van der Waals surface area contributed by atoms with Crippen molar-refractivity contribution in [1.82, 2.24) is 9.88 Å². The minimum atomic E-state index is -0.766. The monoisotopic (exact) mass is 291 g/mol. The van der Waals surface area contributed by atoms with Crippen LogP contribution in [-0.4, -0.2) is 39.1 Å². The van der Waals surface area contributed by atoms with Crippen LogP contribution in [0, 0.1) is 0 Å². The molecule has 0 aromatic carbocycles. The zero-order valence-electron chi connectivity index (χ0n) is 12.7. The third-order valence-electron chi connectivity index (χ3n) is 4.36. The molecule has 5 nitrogen and oxygen atoms in total. The molecule has 0 radical (unpaired) electrons. The number of nitrogens with two attached hydrogens (primary N) is 1. The van der Waals surface area contributed by atoms with Gasteiger partial charge in [-0.25, -0.2) is 0 Å². The molecule has 5 heteroatoms. The Morgan fingerprint density at radius 1 is 1.48 bits per heavy atom. The summed E-state index contributed by atoms with van der Waals surface area (Å²) in [5, 5.41) is 9.59. The van der Waals surface area contributed by atoms with Crippen LogP contribution in [-0.2, 0) is 11.3 Å². The molecule has 1 heterocycles. The fourth-order valence-corrected chi connectivity index (χ4v) is 2.99. The Morgan fingerprint density at radius 2 is 2.19 bits per heavy atom. The predicted octanol–water partition coefficient (Wildman–Crippen LogP) is 1.45. The summed E-state index contributed by atoms with van der Waals surface area (Å²) in [4.78, 5) is 18.9. The Balaban J connectivity index is 2.21. The highest BCUT2D eigenvalue weighted by Gasteiger charge is 2.41. The molecule has 21 heavy (non-hydrogen) atoms. The molecule has 3 N–H and O–H groups in total. The quantitative estimate of drug-likeness (QED) is 0.831. The van der Waals surface area contributed by atoms with Crippen molar-refractivity contribution in [3.63, 3.8) is 0 Å². The lowest BCUT2D eigenvalue weighted by molar-refractivity contribution is -0.141. The highest BCUT2D eigenvalue weighted by atomic mass is 16.3. The first kappa shape index (κ1) is 15.9. The fraction of sp³-hybridized carbons (Fsp3) is 0.625. The molecule has 2 rings (SSSR count). The van der Waals surface area contributed by atoms with E-state index in [0.717, 1.165) is 31.4 Å². The number of carbonyl (C=O) groups excluding carboxylic acids is 1. The van der Waals surface area contributed by atoms with Gasteiger partial charge in [-0.15, -0.1) is 0 Å². The number of pyridine rings is 1. The summed E-state index contributed by atoms with van der Waals surface area (Å²) >= 11 is 0. The highest BCUT2D eigenvalue weighted by Crippen LogP contribution is 2.30. The van der Waals surface area contributed by atoms with E-state index in [1.54, 1.807) is 11.1 Å². The van der Waals surface area contributed by atoms with Gasteiger partial charge in [-0.1, -0.05) is 25.8 Å². The number of hydrogen-bond donors (Lipinski definition) is 2. The molecule has 0 bridgehead atoms. The molecular weight excluding hydrogens is 266 g/mol. The van der Waals surface area contributed by atoms with Gasteiger partial charge in [0.1, 0.15) is 0 Å². The molecule has 0 saturated heterocycles. The van der Waals surface area contributed by atoms with Crippen molar-refractivity contribution < 1.29 is 9.90 Å². The van der Waals surface area contributed by atoms with E-state index >= 15 is 0 Å². The summed E-state index contributed by atoms with van der Waals surface area (Å²) in [5.41, 5.74) is 6.36. The SMILES string of the molecule is CCC(CO)N(Cc1ccccn1)C(=O)C1(N)CCCC1. The molecule has 1 fully saturated rings. The first-order chi connectivity index (χ1) is 10.1. The molecule has 1 aromatic rings. The minimum absolute atomic E-state index is 0.0495. The topological polar surface area (TPSA) is 79.5 Å². The molecule has 1 aliphatic rings. The highest BCUT2D eigenvalue weighted by molar-refractivity contribution is 5.86. The van der Waals surface area contributed by atoms with E-state index < -0.39 is 5.54 Å². The summed E-state index contributed by atoms with van der Waals surface area (Å²) in [7, 11) is 0. The molecule has 1 atom stereocenters. The Hall–Kier alpha value is -1.46. The van der Waals surface area contributed by atoms with Gasteiger partial charge >= 0.3 is 0 Å². The van der Waals surface area contributed by atoms with Crippen LogP contribution in [0.15, 0.2) is 24.4 Å². The first-order valence-corrected chi connectivity index (χ1v) is 7.71. The Bertz CT molecular complexity index is 454. The number of amides is 1. The van der Waals surface area contributed by atoms with Crippen molar-refractivity contribution in [3.8, 4) is 0 Å². The summed E-state index contributed by atoms with van der Waals surface area (Å²) in [6.07, 6.45) is 5.86. The van der Waals surface area contributed by atoms with Crippen LogP contribution in [0.25, 0.3) is 0 Å². The molecule has 1 unspecified atom stereocenters. The van der Waals surface area contributed by atoms with Gasteiger partial charge in [0.05, 0.1) is 30.4 Å². The van der Waals surface area contributed by atoms with Gasteiger partial charge in [0.2, 0.25) is 5.91 Å². The maximum atomic E-state index is 12.9. The Labute approximate surface area is 126 Å². The van der Waals surface area contributed by atoms with Gasteiger partial charge in [-0.2, -0.15) is 0 Å². The number of rotatable bonds is 6. The number of carbonyl (C=O) groups is 1. The van der Waals surface area contributed by atoms with E-state index in [2.05, 4.69) is 4.98 Å². The van der Waals surface area contributed by atoms with E-state index in [0.29, 0.717) is 13.0 Å². The lowest BCUT2D eigenvalue weighted by atomic mass is 9.95. The van der Waals surface area contributed by atoms with Crippen molar-refractivity contribution in [2.24, 2.45) is 5.73 Å². The van der Waals surface area contributed by atoms with Crippen LogP contribution in [0.5, 0.6) is 0 Å². The van der Waals surface area contributed by atoms with Crippen molar-refractivity contribution in [1.29, 1.82) is 0 Å². The van der Waals surface area contributed by atoms with Gasteiger partial charge in [0.15, 0.2) is 0 Å². The second-order valence-electron chi connectivity index (χ2n) is 5.86. The standard InChI is InChI=1S/C16H25N3O2/c1-2-14(12-20)19(11-13-7-3-6-10-18-13)15(21)16(17)8-4-5-9-16/h3,6-7,10,14,20H,2,4-5,8-9,11-12,17H2,1H3. The van der Waals surface area contributed by atoms with Gasteiger partial charge < -0.3 is 15.7 Å². The van der Waals surface area contributed by atoms with Crippen LogP contribution >= 0.6 is 0 Å². The van der Waals surface area contributed by atoms with E-state index in [1.165, 1.54) is 0 Å². The largest absolute Gasteiger partial charge is 0.394 e. The summed E-state index contributed by atoms with van der Waals surface area (Å²) in [5.74, 6) is -0.0495. The van der Waals surface area contributed by atoms with Crippen molar-refractivity contribution >= 4 is 5.91 Å². The van der Waals surface area contributed by atoms with Gasteiger partial charge in [0, 0.05) is 6.20 Å². The maximum absolute atomic E-state index is 12.9. The number of aliphatic hydroxyl groups is 1. The molecule has 0 spiro atoms. The number of aromatic nitrogens is 1. The lowest BCUT2D eigenvalue weighted by Crippen LogP contribution is -2.56. The second-order valence-corrected chi connectivity index (χ2v) is 5.86. The summed E-state index contributed by atoms with van der Waals surface area (Å²) < 4.78 is 0. The van der Waals surface area contributed by atoms with E-state index in [9.17, 15) is 9.90 Å². The first-order valence-electron chi connectivity index (χ1n) is 7.71. The van der Waals surface area contributed by atoms with Crippen LogP contribution in [0.2, 0.25) is 0 Å². The fourth-order valence-electron chi connectivity index (χ4n) is 2.99. The van der Waals surface area contributed by atoms with E-state index in [1.807, 2.05) is 25.1 Å². The average Bonchev–Trinajstić information content (AvgIpc) is 2.96. The maximum Gasteiger partial charge on any atom is 0.243 e. The average molecular weight is 291 g/mol. The molecule has 1 saturated carbocycles. The third-order valence-corrected chi connectivity index (χ3v) is 4.36. The zero-order chi connectivity index (χ0) is 15.3. The second kappa shape index (κ2) is 7.00. The summed E-state index contributed by atoms with van der Waals surface area (Å²) in [6.45, 7) is 2.32. The summed E-state index contributed by atoms with van der Waals surface area (Å²) in [6, 6.07) is 5.43. The number of hydrogen-bond acceptors (Lipinski definition) is 4. The molecule has 116 valence electrons. The Morgan fingerprint density at radius 3 is 2.71 bits per heavy atom. The molecule has 1 aromatic heterocycles. The van der Waals surface area contributed by atoms with Gasteiger partial charge in [-0.05, 0) is 31.4 Å². The Kier molecular flexibility index (Phi) is 5.31. The van der Waals surface area contributed by atoms with Crippen molar-refractivity contribution in [2.45, 2.75) is 57.2 Å². The predicted molar refractivity (Wildman–Crippen MR) is 81.3 cm³/mol. The van der Waals surface area contributed by atoms with Crippen LogP contribution in [0.3, 0.4) is 0 Å². The van der Waals surface area contributed by atoms with Crippen LogP contribution < -0.4 is 5.73 Å².